The highest BCUT2D eigenvalue weighted by Crippen LogP contribution is 2.75. The molecule has 50 heavy (non-hydrogen) atoms. The van der Waals surface area contributed by atoms with Crippen LogP contribution in [0.5, 0.6) is 0 Å². The topological polar surface area (TPSA) is 202 Å². The van der Waals surface area contributed by atoms with E-state index in [1.807, 2.05) is 6.92 Å². The molecule has 0 radical (unpaired) electrons. The molecule has 5 aliphatic carbocycles. The molecule has 0 aromatic rings. The molecule has 0 amide bonds. The molecule has 0 bridgehead atoms. The molecule has 274 valence electrons. The predicted molar refractivity (Wildman–Crippen MR) is 166 cm³/mol. The Labute approximate surface area is 289 Å². The van der Waals surface area contributed by atoms with Gasteiger partial charge in [-0.2, -0.15) is 0 Å². The van der Waals surface area contributed by atoms with E-state index in [9.17, 15) is 34.2 Å². The second-order valence-electron chi connectivity index (χ2n) is 16.5. The van der Waals surface area contributed by atoms with Gasteiger partial charge in [-0.05, 0) is 38.2 Å². The summed E-state index contributed by atoms with van der Waals surface area (Å²) in [5.41, 5.74) is -6.19. The van der Waals surface area contributed by atoms with Crippen molar-refractivity contribution in [2.45, 2.75) is 117 Å². The number of fused-ring (bicyclic) bond motifs is 10. The third-order valence-electron chi connectivity index (χ3n) is 14.1. The Morgan fingerprint density at radius 3 is 1.96 bits per heavy atom. The fourth-order valence-electron chi connectivity index (χ4n) is 12.2. The van der Waals surface area contributed by atoms with Crippen LogP contribution in [0.2, 0.25) is 0 Å². The van der Waals surface area contributed by atoms with Gasteiger partial charge in [0.25, 0.3) is 0 Å². The Bertz CT molecular complexity index is 1620. The number of ketones is 1. The van der Waals surface area contributed by atoms with Crippen molar-refractivity contribution in [3.8, 4) is 0 Å². The van der Waals surface area contributed by atoms with E-state index in [1.165, 1.54) is 34.6 Å². The van der Waals surface area contributed by atoms with Gasteiger partial charge in [0.1, 0.15) is 30.2 Å². The molecule has 2 N–H and O–H groups in total. The molecule has 7 rings (SSSR count). The Morgan fingerprint density at radius 2 is 1.38 bits per heavy atom. The fraction of sp³-hybridized carbons (Fsp3) is 0.778. The van der Waals surface area contributed by atoms with E-state index in [4.69, 9.17) is 28.4 Å². The summed E-state index contributed by atoms with van der Waals surface area (Å²) in [5, 5.41) is 24.6. The Balaban J connectivity index is 1.51. The van der Waals surface area contributed by atoms with Gasteiger partial charge in [0, 0.05) is 68.1 Å². The molecule has 0 aromatic carbocycles. The smallest absolute Gasteiger partial charge is 0.343 e. The molecule has 2 aliphatic heterocycles. The zero-order valence-electron chi connectivity index (χ0n) is 29.7. The monoisotopic (exact) mass is 702 g/mol. The van der Waals surface area contributed by atoms with Crippen molar-refractivity contribution < 1.29 is 67.4 Å². The maximum Gasteiger partial charge on any atom is 0.343 e. The second kappa shape index (κ2) is 10.8. The summed E-state index contributed by atoms with van der Waals surface area (Å²) >= 11 is 0. The second-order valence-corrected chi connectivity index (χ2v) is 16.5. The van der Waals surface area contributed by atoms with Crippen molar-refractivity contribution in [1.82, 2.24) is 0 Å². The molecule has 18 atom stereocenters. The van der Waals surface area contributed by atoms with Crippen LogP contribution in [0.1, 0.15) is 68.7 Å². The Morgan fingerprint density at radius 1 is 0.800 bits per heavy atom. The van der Waals surface area contributed by atoms with E-state index in [0.29, 0.717) is 0 Å². The van der Waals surface area contributed by atoms with Gasteiger partial charge in [0.15, 0.2) is 17.5 Å². The van der Waals surface area contributed by atoms with Crippen LogP contribution in [0.15, 0.2) is 11.8 Å². The molecule has 0 unspecified atom stereocenters. The minimum atomic E-state index is -2.09. The molecule has 2 saturated heterocycles. The minimum absolute atomic E-state index is 0.193. The standard InChI is InChI=1S/C36H46O14/c1-12-10-19-35(8,36(9,44)32(43)50-19)24-21(12)34(7)22(26(24)42)20-23(29(46-14(3)38)31(34)48-16(5)40)33(6)17(27(25(20)41)45-13(2)37)11-18-28(49-18)30(33)47-15(4)39/h10,12,17-18,20-24,26-31,42,44H,11H2,1-9H3/t12-,17-,18+,20+,21+,22-,23-,24-,26-,27-,28+,29+,30+,31+,33-,34+,35+,36-/m1/s1. The van der Waals surface area contributed by atoms with Gasteiger partial charge in [-0.1, -0.05) is 20.8 Å². The van der Waals surface area contributed by atoms with Crippen molar-refractivity contribution in [3.05, 3.63) is 11.8 Å². The Kier molecular flexibility index (Phi) is 7.59. The summed E-state index contributed by atoms with van der Waals surface area (Å²) in [6.45, 7) is 13.3. The molecule has 6 fully saturated rings. The number of hydrogen-bond donors (Lipinski definition) is 2. The van der Waals surface area contributed by atoms with Crippen molar-refractivity contribution in [1.29, 1.82) is 0 Å². The lowest BCUT2D eigenvalue weighted by molar-refractivity contribution is -0.267. The third-order valence-corrected chi connectivity index (χ3v) is 14.1. The number of allylic oxidation sites excluding steroid dienone is 1. The first-order valence-electron chi connectivity index (χ1n) is 17.4. The van der Waals surface area contributed by atoms with E-state index < -0.39 is 142 Å². The van der Waals surface area contributed by atoms with Gasteiger partial charge in [0.2, 0.25) is 0 Å². The van der Waals surface area contributed by atoms with Crippen LogP contribution in [-0.2, 0) is 57.2 Å². The molecule has 14 heteroatoms. The van der Waals surface area contributed by atoms with Crippen molar-refractivity contribution in [2.24, 2.45) is 57.7 Å². The van der Waals surface area contributed by atoms with E-state index >= 15 is 4.79 Å². The summed E-state index contributed by atoms with van der Waals surface area (Å²) in [6.07, 6.45) is -5.28. The number of aliphatic hydroxyl groups is 2. The summed E-state index contributed by atoms with van der Waals surface area (Å²) in [5.74, 6) is -10.1. The zero-order valence-corrected chi connectivity index (χ0v) is 29.7. The number of carbonyl (C=O) groups excluding carboxylic acids is 6. The molecule has 2 heterocycles. The molecule has 7 aliphatic rings. The van der Waals surface area contributed by atoms with Crippen LogP contribution in [0.3, 0.4) is 0 Å². The predicted octanol–water partition coefficient (Wildman–Crippen LogP) is 1.41. The van der Waals surface area contributed by atoms with Crippen LogP contribution < -0.4 is 0 Å². The number of hydrogen-bond acceptors (Lipinski definition) is 14. The number of esters is 5. The lowest BCUT2D eigenvalue weighted by Gasteiger charge is -2.65. The molecule has 14 nitrogen and oxygen atoms in total. The number of Topliss-reactive ketones (excluding diaryl/α,β-unsaturated/α-hetero) is 1. The normalized spacial score (nSPS) is 52.3. The first-order valence-corrected chi connectivity index (χ1v) is 17.4. The zero-order chi connectivity index (χ0) is 36.8. The maximum atomic E-state index is 15.2. The van der Waals surface area contributed by atoms with E-state index in [2.05, 4.69) is 0 Å². The van der Waals surface area contributed by atoms with Crippen LogP contribution in [-0.4, -0.2) is 94.2 Å². The number of epoxide rings is 1. The summed E-state index contributed by atoms with van der Waals surface area (Å²) < 4.78 is 35.8. The van der Waals surface area contributed by atoms with Crippen molar-refractivity contribution in [2.75, 3.05) is 0 Å². The molecule has 0 spiro atoms. The largest absolute Gasteiger partial charge is 0.459 e. The van der Waals surface area contributed by atoms with Gasteiger partial charge in [-0.15, -0.1) is 0 Å². The van der Waals surface area contributed by atoms with Gasteiger partial charge in [0.05, 0.1) is 17.6 Å². The first kappa shape index (κ1) is 35.1. The van der Waals surface area contributed by atoms with Gasteiger partial charge in [-0.25, -0.2) is 4.79 Å². The number of ether oxygens (including phenoxy) is 6. The van der Waals surface area contributed by atoms with E-state index in [1.54, 1.807) is 26.8 Å². The highest BCUT2D eigenvalue weighted by Gasteiger charge is 2.83. The first-order chi connectivity index (χ1) is 23.1. The van der Waals surface area contributed by atoms with Crippen LogP contribution in [0.4, 0.5) is 0 Å². The quantitative estimate of drug-likeness (QED) is 0.242. The van der Waals surface area contributed by atoms with Crippen LogP contribution >= 0.6 is 0 Å². The van der Waals surface area contributed by atoms with E-state index in [0.717, 1.165) is 0 Å². The van der Waals surface area contributed by atoms with Gasteiger partial charge < -0.3 is 38.6 Å². The maximum absolute atomic E-state index is 15.2. The Hall–Kier alpha value is -3.36. The van der Waals surface area contributed by atoms with Crippen molar-refractivity contribution in [3.63, 3.8) is 0 Å². The third kappa shape index (κ3) is 4.24. The van der Waals surface area contributed by atoms with Crippen LogP contribution in [0.25, 0.3) is 0 Å². The molecule has 4 saturated carbocycles. The minimum Gasteiger partial charge on any atom is -0.459 e. The fourth-order valence-corrected chi connectivity index (χ4v) is 12.2. The SMILES string of the molecule is CC(=O)O[C@H]1[C@H]2[C@@H](C(=O)[C@H](OC(C)=O)[C@H]3C[C@@H]4O[C@@H]4[C@H](OC(C)=O)[C@@]23C)[C@@H]2[C@@H](O)[C@H]3[C@H]([C@H](C)C=C4OC(=O)[C@@](C)(O)[C@@]43C)[C@]2(C)[C@H]1OC(C)=O. The average molecular weight is 703 g/mol. The van der Waals surface area contributed by atoms with Crippen LogP contribution in [0, 0.1) is 57.7 Å². The lowest BCUT2D eigenvalue weighted by atomic mass is 9.41. The summed E-state index contributed by atoms with van der Waals surface area (Å²) in [6, 6.07) is 0. The van der Waals surface area contributed by atoms with E-state index in [-0.39, 0.29) is 12.2 Å². The summed E-state index contributed by atoms with van der Waals surface area (Å²) in [4.78, 5) is 79.8. The molecular weight excluding hydrogens is 656 g/mol. The lowest BCUT2D eigenvalue weighted by Crippen LogP contribution is -2.74. The van der Waals surface area contributed by atoms with Gasteiger partial charge in [-0.3, -0.25) is 24.0 Å². The number of aliphatic hydroxyl groups excluding tert-OH is 1. The average Bonchev–Trinajstić information content (AvgIpc) is 3.68. The molecule has 0 aromatic heterocycles. The van der Waals surface area contributed by atoms with Gasteiger partial charge >= 0.3 is 29.8 Å². The number of carbonyl (C=O) groups is 6. The highest BCUT2D eigenvalue weighted by molar-refractivity contribution is 5.90. The summed E-state index contributed by atoms with van der Waals surface area (Å²) in [7, 11) is 0. The number of rotatable bonds is 4. The molecular formula is C36H46O14. The highest BCUT2D eigenvalue weighted by atomic mass is 16.6. The van der Waals surface area contributed by atoms with Crippen molar-refractivity contribution >= 4 is 35.6 Å².